The number of para-hydroxylation sites is 1. The number of azo groups is 1. The average molecular weight is 794 g/mol. The summed E-state index contributed by atoms with van der Waals surface area (Å²) >= 11 is 0. The van der Waals surface area contributed by atoms with Gasteiger partial charge in [-0.05, 0) is 66.9 Å². The van der Waals surface area contributed by atoms with Crippen molar-refractivity contribution in [2.45, 2.75) is 21.6 Å². The number of hydrogen-bond acceptors (Lipinski definition) is 13. The third-order valence-electron chi connectivity index (χ3n) is 7.77. The van der Waals surface area contributed by atoms with E-state index in [0.717, 1.165) is 22.5 Å². The SMILES string of the molecule is Cc1[nH]n(-c2ccc(S(=O)(=O)CCOS(=O)(=O)O)cc2)c(=O)c1N=Nc1ccc2cc(S(=O)(=O)CCN(C)c3ccccc3)ccc2c1S(=O)(=O)O. The Morgan fingerprint density at radius 3 is 2.06 bits per heavy atom. The number of fused-ring (bicyclic) bond motifs is 1. The lowest BCUT2D eigenvalue weighted by Crippen LogP contribution is -2.25. The van der Waals surface area contributed by atoms with Crippen LogP contribution in [0, 0.1) is 6.92 Å². The Kier molecular flexibility index (Phi) is 10.9. The van der Waals surface area contributed by atoms with E-state index in [1.165, 1.54) is 49.4 Å². The lowest BCUT2D eigenvalue weighted by Gasteiger charge is -2.19. The van der Waals surface area contributed by atoms with Gasteiger partial charge in [-0.15, -0.1) is 10.2 Å². The van der Waals surface area contributed by atoms with E-state index < -0.39 is 63.0 Å². The molecular formula is C31H31N5O12S4. The fraction of sp³-hybridized carbons (Fsp3) is 0.194. The first-order valence-corrected chi connectivity index (χ1v) is 21.1. The molecule has 276 valence electrons. The highest BCUT2D eigenvalue weighted by molar-refractivity contribution is 7.91. The van der Waals surface area contributed by atoms with Gasteiger partial charge in [0.25, 0.3) is 15.7 Å². The fourth-order valence-corrected chi connectivity index (χ4v) is 8.77. The molecule has 5 rings (SSSR count). The number of rotatable bonds is 14. The minimum absolute atomic E-state index is 0.0397. The van der Waals surface area contributed by atoms with Crippen molar-refractivity contribution in [3.63, 3.8) is 0 Å². The van der Waals surface area contributed by atoms with E-state index in [0.29, 0.717) is 0 Å². The largest absolute Gasteiger partial charge is 0.397 e. The summed E-state index contributed by atoms with van der Waals surface area (Å²) in [6.07, 6.45) is 0. The van der Waals surface area contributed by atoms with E-state index in [4.69, 9.17) is 4.55 Å². The summed E-state index contributed by atoms with van der Waals surface area (Å²) in [6.45, 7) is 0.842. The minimum atomic E-state index is -4.95. The van der Waals surface area contributed by atoms with Crippen LogP contribution in [-0.4, -0.2) is 84.3 Å². The quantitative estimate of drug-likeness (QED) is 0.107. The first-order chi connectivity index (χ1) is 24.3. The molecule has 21 heteroatoms. The maximum absolute atomic E-state index is 13.3. The van der Waals surface area contributed by atoms with Crippen molar-refractivity contribution in [2.24, 2.45) is 10.2 Å². The molecule has 0 fully saturated rings. The van der Waals surface area contributed by atoms with Gasteiger partial charge in [-0.1, -0.05) is 30.3 Å². The van der Waals surface area contributed by atoms with Crippen LogP contribution in [0.3, 0.4) is 0 Å². The highest BCUT2D eigenvalue weighted by Gasteiger charge is 2.23. The van der Waals surface area contributed by atoms with Gasteiger partial charge < -0.3 is 4.90 Å². The number of benzene rings is 4. The van der Waals surface area contributed by atoms with Crippen LogP contribution in [0.2, 0.25) is 0 Å². The number of aryl methyl sites for hydroxylation is 1. The Morgan fingerprint density at radius 2 is 1.42 bits per heavy atom. The van der Waals surface area contributed by atoms with Gasteiger partial charge in [0.2, 0.25) is 0 Å². The molecule has 0 aliphatic carbocycles. The summed E-state index contributed by atoms with van der Waals surface area (Å²) in [4.78, 5) is 14.1. The molecule has 5 aromatic rings. The van der Waals surface area contributed by atoms with Crippen LogP contribution in [0.15, 0.2) is 115 Å². The second-order valence-corrected chi connectivity index (χ2v) is 18.0. The number of sulfone groups is 2. The first-order valence-electron chi connectivity index (χ1n) is 15.0. The summed E-state index contributed by atoms with van der Waals surface area (Å²) in [5.41, 5.74) is -0.144. The molecule has 0 radical (unpaired) electrons. The molecule has 0 amide bonds. The van der Waals surface area contributed by atoms with Crippen molar-refractivity contribution in [3.05, 3.63) is 101 Å². The summed E-state index contributed by atoms with van der Waals surface area (Å²) < 4.78 is 122. The van der Waals surface area contributed by atoms with Crippen molar-refractivity contribution < 1.29 is 47.0 Å². The van der Waals surface area contributed by atoms with Crippen molar-refractivity contribution in [3.8, 4) is 5.69 Å². The Labute approximate surface area is 298 Å². The third-order valence-corrected chi connectivity index (χ3v) is 12.6. The topological polar surface area (TPSA) is 252 Å². The van der Waals surface area contributed by atoms with E-state index in [2.05, 4.69) is 19.5 Å². The van der Waals surface area contributed by atoms with Gasteiger partial charge in [-0.25, -0.2) is 25.7 Å². The zero-order chi connectivity index (χ0) is 38.1. The molecule has 0 aliphatic rings. The monoisotopic (exact) mass is 793 g/mol. The van der Waals surface area contributed by atoms with Crippen LogP contribution in [-0.2, 0) is 44.4 Å². The van der Waals surface area contributed by atoms with Gasteiger partial charge in [0, 0.05) is 24.7 Å². The van der Waals surface area contributed by atoms with Gasteiger partial charge in [-0.2, -0.15) is 16.8 Å². The second kappa shape index (κ2) is 14.7. The molecule has 0 saturated carbocycles. The molecule has 1 aromatic heterocycles. The lowest BCUT2D eigenvalue weighted by atomic mass is 10.1. The number of aromatic nitrogens is 2. The van der Waals surface area contributed by atoms with Crippen LogP contribution in [0.5, 0.6) is 0 Å². The molecule has 4 aromatic carbocycles. The highest BCUT2D eigenvalue weighted by Crippen LogP contribution is 2.35. The smallest absolute Gasteiger partial charge is 0.374 e. The number of hydrogen-bond donors (Lipinski definition) is 3. The molecule has 1 heterocycles. The number of aromatic amines is 1. The van der Waals surface area contributed by atoms with Crippen LogP contribution in [0.4, 0.5) is 17.1 Å². The van der Waals surface area contributed by atoms with E-state index in [-0.39, 0.29) is 55.6 Å². The summed E-state index contributed by atoms with van der Waals surface area (Å²) in [5.74, 6) is -0.987. The third kappa shape index (κ3) is 8.81. The molecule has 0 bridgehead atoms. The van der Waals surface area contributed by atoms with Gasteiger partial charge >= 0.3 is 10.4 Å². The van der Waals surface area contributed by atoms with Gasteiger partial charge in [0.15, 0.2) is 25.4 Å². The normalized spacial score (nSPS) is 12.8. The average Bonchev–Trinajstić information content (AvgIpc) is 3.37. The van der Waals surface area contributed by atoms with Crippen LogP contribution >= 0.6 is 0 Å². The Bertz CT molecular complexity index is 2680. The molecule has 3 N–H and O–H groups in total. The van der Waals surface area contributed by atoms with Gasteiger partial charge in [0.05, 0.1) is 39.3 Å². The number of nitrogens with one attached hydrogen (secondary N) is 1. The molecular weight excluding hydrogens is 763 g/mol. The maximum Gasteiger partial charge on any atom is 0.397 e. The molecule has 52 heavy (non-hydrogen) atoms. The van der Waals surface area contributed by atoms with E-state index >= 15 is 0 Å². The second-order valence-electron chi connectivity index (χ2n) is 11.3. The van der Waals surface area contributed by atoms with E-state index in [9.17, 15) is 43.0 Å². The van der Waals surface area contributed by atoms with Crippen molar-refractivity contribution in [2.75, 3.05) is 36.6 Å². The zero-order valence-corrected chi connectivity index (χ0v) is 30.6. The number of anilines is 1. The van der Waals surface area contributed by atoms with Crippen molar-refractivity contribution in [1.29, 1.82) is 0 Å². The Balaban J connectivity index is 1.40. The van der Waals surface area contributed by atoms with E-state index in [1.807, 2.05) is 30.3 Å². The summed E-state index contributed by atoms with van der Waals surface area (Å²) in [6, 6.07) is 20.5. The van der Waals surface area contributed by atoms with E-state index in [1.54, 1.807) is 11.9 Å². The highest BCUT2D eigenvalue weighted by atomic mass is 32.3. The molecule has 0 unspecified atom stereocenters. The molecule has 0 atom stereocenters. The Morgan fingerprint density at radius 1 is 0.788 bits per heavy atom. The predicted molar refractivity (Wildman–Crippen MR) is 190 cm³/mol. The first kappa shape index (κ1) is 38.5. The molecule has 0 aliphatic heterocycles. The number of nitrogens with zero attached hydrogens (tertiary/aromatic N) is 4. The van der Waals surface area contributed by atoms with Crippen LogP contribution < -0.4 is 10.5 Å². The van der Waals surface area contributed by atoms with Crippen LogP contribution in [0.1, 0.15) is 5.69 Å². The summed E-state index contributed by atoms with van der Waals surface area (Å²) in [5, 5.41) is 10.8. The van der Waals surface area contributed by atoms with Crippen LogP contribution in [0.25, 0.3) is 16.5 Å². The fourth-order valence-electron chi connectivity index (χ4n) is 5.11. The molecule has 0 saturated heterocycles. The Hall–Kier alpha value is -4.77. The zero-order valence-electron chi connectivity index (χ0n) is 27.3. The lowest BCUT2D eigenvalue weighted by molar-refractivity contribution is 0.284. The standard InChI is InChI=1S/C31H31N5O12S4/c1-21-29(31(37)36(34-21)24-9-11-25(12-10-24)50(40,41)19-17-48-52(45,46)47)33-32-28-15-8-22-20-26(13-14-27(22)30(28)51(42,43)44)49(38,39)18-16-35(2)23-6-4-3-5-7-23/h3-15,20,34H,16-19H2,1-2H3,(H,42,43,44)(H,45,46,47). The number of H-pyrrole nitrogens is 1. The van der Waals surface area contributed by atoms with Crippen molar-refractivity contribution in [1.82, 2.24) is 9.78 Å². The maximum atomic E-state index is 13.3. The minimum Gasteiger partial charge on any atom is -0.374 e. The van der Waals surface area contributed by atoms with Crippen molar-refractivity contribution >= 4 is 68.0 Å². The molecule has 17 nitrogen and oxygen atoms in total. The molecule has 0 spiro atoms. The van der Waals surface area contributed by atoms with Gasteiger partial charge in [-0.3, -0.25) is 19.0 Å². The van der Waals surface area contributed by atoms with Gasteiger partial charge in [0.1, 0.15) is 10.6 Å². The predicted octanol–water partition coefficient (Wildman–Crippen LogP) is 3.79. The summed E-state index contributed by atoms with van der Waals surface area (Å²) in [7, 11) is -15.8.